The molecule has 0 aliphatic carbocycles. The van der Waals surface area contributed by atoms with E-state index in [2.05, 4.69) is 51.6 Å². The number of nitrogens with zero attached hydrogens (tertiary/aromatic N) is 7. The van der Waals surface area contributed by atoms with E-state index < -0.39 is 0 Å². The molecular weight excluding hydrogens is 378 g/mol. The molecule has 4 rings (SSSR count). The van der Waals surface area contributed by atoms with Crippen LogP contribution in [0, 0.1) is 6.92 Å². The Morgan fingerprint density at radius 2 is 1.80 bits per heavy atom. The third kappa shape index (κ3) is 4.65. The molecule has 1 amide bonds. The quantitative estimate of drug-likeness (QED) is 0.622. The van der Waals surface area contributed by atoms with Crippen LogP contribution in [0.4, 0.5) is 5.95 Å². The number of anilines is 1. The Morgan fingerprint density at radius 1 is 1.03 bits per heavy atom. The summed E-state index contributed by atoms with van der Waals surface area (Å²) in [6.07, 6.45) is 0. The van der Waals surface area contributed by atoms with Crippen molar-refractivity contribution < 1.29 is 4.79 Å². The van der Waals surface area contributed by atoms with Gasteiger partial charge < -0.3 is 9.80 Å². The lowest BCUT2D eigenvalue weighted by Crippen LogP contribution is -2.50. The van der Waals surface area contributed by atoms with E-state index in [4.69, 9.17) is 0 Å². The molecule has 1 aliphatic heterocycles. The zero-order chi connectivity index (χ0) is 20.9. The van der Waals surface area contributed by atoms with E-state index in [9.17, 15) is 4.79 Å². The Labute approximate surface area is 176 Å². The Balaban J connectivity index is 1.32. The lowest BCUT2D eigenvalue weighted by Gasteiger charge is -2.35. The van der Waals surface area contributed by atoms with Crippen molar-refractivity contribution in [1.29, 1.82) is 0 Å². The van der Waals surface area contributed by atoms with Crippen LogP contribution in [-0.4, -0.2) is 75.7 Å². The van der Waals surface area contributed by atoms with E-state index in [1.54, 1.807) is 9.58 Å². The molecule has 1 saturated heterocycles. The molecule has 0 N–H and O–H groups in total. The van der Waals surface area contributed by atoms with Gasteiger partial charge in [0.1, 0.15) is 0 Å². The van der Waals surface area contributed by atoms with Crippen molar-refractivity contribution in [2.45, 2.75) is 13.5 Å². The number of benzene rings is 2. The molecular formula is C22H27N7O. The number of hydrogen-bond donors (Lipinski definition) is 0. The van der Waals surface area contributed by atoms with Crippen LogP contribution in [0.3, 0.4) is 0 Å². The molecule has 0 radical (unpaired) electrons. The minimum absolute atomic E-state index is 0.0929. The Morgan fingerprint density at radius 3 is 2.53 bits per heavy atom. The summed E-state index contributed by atoms with van der Waals surface area (Å²) in [5.74, 6) is 0.642. The second-order valence-electron chi connectivity index (χ2n) is 7.73. The molecule has 8 nitrogen and oxygen atoms in total. The molecule has 1 fully saturated rings. The molecule has 156 valence electrons. The number of amides is 1. The third-order valence-electron chi connectivity index (χ3n) is 5.38. The SMILES string of the molecule is Cc1cccc(CN2CCN(C(=O)CN(C)c3nnnn3-c3ccccc3)CC2)c1. The summed E-state index contributed by atoms with van der Waals surface area (Å²) in [6.45, 7) is 6.52. The van der Waals surface area contributed by atoms with Gasteiger partial charge in [-0.05, 0) is 35.0 Å². The summed E-state index contributed by atoms with van der Waals surface area (Å²) < 4.78 is 1.65. The minimum Gasteiger partial charge on any atom is -0.339 e. The first-order valence-corrected chi connectivity index (χ1v) is 10.2. The van der Waals surface area contributed by atoms with Crippen molar-refractivity contribution in [3.63, 3.8) is 0 Å². The first-order valence-electron chi connectivity index (χ1n) is 10.2. The number of aryl methyl sites for hydroxylation is 1. The predicted molar refractivity (Wildman–Crippen MR) is 115 cm³/mol. The fraction of sp³-hybridized carbons (Fsp3) is 0.364. The molecule has 0 bridgehead atoms. The molecule has 0 spiro atoms. The fourth-order valence-corrected chi connectivity index (χ4v) is 3.75. The summed E-state index contributed by atoms with van der Waals surface area (Å²) in [6, 6.07) is 18.3. The van der Waals surface area contributed by atoms with Crippen molar-refractivity contribution in [3.05, 3.63) is 65.7 Å². The van der Waals surface area contributed by atoms with Crippen molar-refractivity contribution in [3.8, 4) is 5.69 Å². The van der Waals surface area contributed by atoms with Crippen molar-refractivity contribution >= 4 is 11.9 Å². The van der Waals surface area contributed by atoms with Gasteiger partial charge in [0.15, 0.2) is 0 Å². The maximum Gasteiger partial charge on any atom is 0.250 e. The molecule has 2 aromatic carbocycles. The van der Waals surface area contributed by atoms with Gasteiger partial charge in [0.25, 0.3) is 5.95 Å². The topological polar surface area (TPSA) is 70.4 Å². The van der Waals surface area contributed by atoms with Gasteiger partial charge in [-0.1, -0.05) is 53.1 Å². The normalized spacial score (nSPS) is 14.7. The van der Waals surface area contributed by atoms with Gasteiger partial charge in [0.05, 0.1) is 12.2 Å². The van der Waals surface area contributed by atoms with Crippen LogP contribution in [0.1, 0.15) is 11.1 Å². The number of carbonyl (C=O) groups excluding carboxylic acids is 1. The molecule has 0 unspecified atom stereocenters. The molecule has 2 heterocycles. The number of carbonyl (C=O) groups is 1. The lowest BCUT2D eigenvalue weighted by molar-refractivity contribution is -0.131. The highest BCUT2D eigenvalue weighted by Crippen LogP contribution is 2.15. The van der Waals surface area contributed by atoms with Crippen LogP contribution in [0.25, 0.3) is 5.69 Å². The third-order valence-corrected chi connectivity index (χ3v) is 5.38. The summed E-state index contributed by atoms with van der Waals surface area (Å²) in [5.41, 5.74) is 3.46. The monoisotopic (exact) mass is 405 g/mol. The largest absolute Gasteiger partial charge is 0.339 e. The minimum atomic E-state index is 0.0929. The zero-order valence-corrected chi connectivity index (χ0v) is 17.5. The van der Waals surface area contributed by atoms with Crippen LogP contribution in [0.2, 0.25) is 0 Å². The van der Waals surface area contributed by atoms with Crippen LogP contribution in [-0.2, 0) is 11.3 Å². The molecule has 0 saturated carbocycles. The average molecular weight is 406 g/mol. The highest BCUT2D eigenvalue weighted by atomic mass is 16.2. The average Bonchev–Trinajstić information content (AvgIpc) is 3.25. The van der Waals surface area contributed by atoms with Gasteiger partial charge in [-0.2, -0.15) is 4.68 Å². The molecule has 3 aromatic rings. The first-order chi connectivity index (χ1) is 14.6. The van der Waals surface area contributed by atoms with E-state index in [1.165, 1.54) is 11.1 Å². The lowest BCUT2D eigenvalue weighted by atomic mass is 10.1. The number of aromatic nitrogens is 4. The van der Waals surface area contributed by atoms with E-state index in [0.29, 0.717) is 5.95 Å². The van der Waals surface area contributed by atoms with Crippen molar-refractivity contribution in [1.82, 2.24) is 30.0 Å². The van der Waals surface area contributed by atoms with E-state index >= 15 is 0 Å². The molecule has 1 aliphatic rings. The number of rotatable bonds is 6. The van der Waals surface area contributed by atoms with Crippen molar-refractivity contribution in [2.75, 3.05) is 44.7 Å². The zero-order valence-electron chi connectivity index (χ0n) is 17.5. The second kappa shape index (κ2) is 9.04. The number of tetrazole rings is 1. The number of likely N-dealkylation sites (N-methyl/N-ethyl adjacent to an activating group) is 1. The van der Waals surface area contributed by atoms with Crippen LogP contribution in [0.5, 0.6) is 0 Å². The van der Waals surface area contributed by atoms with E-state index in [1.807, 2.05) is 42.3 Å². The van der Waals surface area contributed by atoms with Gasteiger partial charge in [-0.25, -0.2) is 0 Å². The Hall–Kier alpha value is -3.26. The van der Waals surface area contributed by atoms with Gasteiger partial charge in [-0.15, -0.1) is 0 Å². The smallest absolute Gasteiger partial charge is 0.250 e. The number of piperazine rings is 1. The van der Waals surface area contributed by atoms with Crippen LogP contribution < -0.4 is 4.90 Å². The first kappa shape index (κ1) is 20.0. The maximum atomic E-state index is 12.8. The van der Waals surface area contributed by atoms with Crippen LogP contribution in [0.15, 0.2) is 54.6 Å². The van der Waals surface area contributed by atoms with Crippen LogP contribution >= 0.6 is 0 Å². The molecule has 8 heteroatoms. The summed E-state index contributed by atoms with van der Waals surface area (Å²) in [4.78, 5) is 19.0. The molecule has 1 aromatic heterocycles. The maximum absolute atomic E-state index is 12.8. The molecule has 30 heavy (non-hydrogen) atoms. The number of para-hydroxylation sites is 1. The fourth-order valence-electron chi connectivity index (χ4n) is 3.75. The van der Waals surface area contributed by atoms with Gasteiger partial charge in [-0.3, -0.25) is 9.69 Å². The van der Waals surface area contributed by atoms with E-state index in [-0.39, 0.29) is 12.5 Å². The predicted octanol–water partition coefficient (Wildman–Crippen LogP) is 1.75. The summed E-state index contributed by atoms with van der Waals surface area (Å²) >= 11 is 0. The van der Waals surface area contributed by atoms with Gasteiger partial charge >= 0.3 is 0 Å². The van der Waals surface area contributed by atoms with Gasteiger partial charge in [0, 0.05) is 39.8 Å². The van der Waals surface area contributed by atoms with Crippen molar-refractivity contribution in [2.24, 2.45) is 0 Å². The second-order valence-corrected chi connectivity index (χ2v) is 7.73. The highest BCUT2D eigenvalue weighted by Gasteiger charge is 2.23. The molecule has 0 atom stereocenters. The standard InChI is InChI=1S/C22H27N7O/c1-18-7-6-8-19(15-18)16-27-11-13-28(14-12-27)21(30)17-26(2)22-23-24-25-29(22)20-9-4-3-5-10-20/h3-10,15H,11-14,16-17H2,1-2H3. The summed E-state index contributed by atoms with van der Waals surface area (Å²) in [5, 5.41) is 12.0. The Bertz CT molecular complexity index is 980. The van der Waals surface area contributed by atoms with E-state index in [0.717, 1.165) is 38.4 Å². The van der Waals surface area contributed by atoms with Gasteiger partial charge in [0.2, 0.25) is 5.91 Å². The summed E-state index contributed by atoms with van der Waals surface area (Å²) in [7, 11) is 1.84. The number of hydrogen-bond acceptors (Lipinski definition) is 6. The highest BCUT2D eigenvalue weighted by molar-refractivity contribution is 5.81. The Kier molecular flexibility index (Phi) is 6.04.